The SMILES string of the molecule is Cc1ccccc1-c1cnn(C(=O)N2CCN(C(c3ccc(Cl)cc3)c3ccc(Cl)cc3)CC2)c1. The highest BCUT2D eigenvalue weighted by Crippen LogP contribution is 2.31. The van der Waals surface area contributed by atoms with E-state index in [2.05, 4.69) is 47.3 Å². The number of amides is 1. The van der Waals surface area contributed by atoms with Gasteiger partial charge < -0.3 is 4.90 Å². The molecule has 1 aliphatic rings. The van der Waals surface area contributed by atoms with Crippen molar-refractivity contribution in [3.63, 3.8) is 0 Å². The first-order valence-corrected chi connectivity index (χ1v) is 12.4. The van der Waals surface area contributed by atoms with Crippen LogP contribution in [0, 0.1) is 6.92 Å². The molecule has 0 atom stereocenters. The molecule has 7 heteroatoms. The van der Waals surface area contributed by atoms with Crippen LogP contribution in [0.5, 0.6) is 0 Å². The van der Waals surface area contributed by atoms with E-state index in [1.807, 2.05) is 53.6 Å². The van der Waals surface area contributed by atoms with E-state index < -0.39 is 0 Å². The molecule has 0 radical (unpaired) electrons. The van der Waals surface area contributed by atoms with Gasteiger partial charge in [-0.3, -0.25) is 4.90 Å². The molecule has 3 aromatic carbocycles. The summed E-state index contributed by atoms with van der Waals surface area (Å²) in [6.45, 7) is 4.79. The lowest BCUT2D eigenvalue weighted by molar-refractivity contribution is 0.119. The third-order valence-electron chi connectivity index (χ3n) is 6.56. The Morgan fingerprint density at radius 2 is 1.40 bits per heavy atom. The number of piperazine rings is 1. The first-order valence-electron chi connectivity index (χ1n) is 11.6. The Kier molecular flexibility index (Phi) is 6.91. The molecule has 1 saturated heterocycles. The highest BCUT2D eigenvalue weighted by atomic mass is 35.5. The maximum atomic E-state index is 13.2. The maximum Gasteiger partial charge on any atom is 0.344 e. The number of nitrogens with zero attached hydrogens (tertiary/aromatic N) is 4. The Hall–Kier alpha value is -3.12. The fraction of sp³-hybridized carbons (Fsp3) is 0.214. The molecule has 0 aliphatic carbocycles. The molecule has 0 saturated carbocycles. The smallest absolute Gasteiger partial charge is 0.320 e. The molecule has 35 heavy (non-hydrogen) atoms. The van der Waals surface area contributed by atoms with E-state index >= 15 is 0 Å². The van der Waals surface area contributed by atoms with Crippen LogP contribution >= 0.6 is 23.2 Å². The molecule has 0 bridgehead atoms. The standard InChI is InChI=1S/C28H26Cl2N4O/c1-20-4-2-3-5-26(20)23-18-31-34(19-23)28(35)33-16-14-32(15-17-33)27(21-6-10-24(29)11-7-21)22-8-12-25(30)13-9-22/h2-13,18-19,27H,14-17H2,1H3. The minimum Gasteiger partial charge on any atom is -0.320 e. The second-order valence-corrected chi connectivity index (χ2v) is 9.67. The van der Waals surface area contributed by atoms with Crippen molar-refractivity contribution in [2.45, 2.75) is 13.0 Å². The van der Waals surface area contributed by atoms with Crippen LogP contribution in [0.2, 0.25) is 10.0 Å². The van der Waals surface area contributed by atoms with Crippen molar-refractivity contribution < 1.29 is 4.79 Å². The highest BCUT2D eigenvalue weighted by molar-refractivity contribution is 6.30. The fourth-order valence-electron chi connectivity index (χ4n) is 4.68. The Morgan fingerprint density at radius 1 is 0.829 bits per heavy atom. The third kappa shape index (κ3) is 5.13. The van der Waals surface area contributed by atoms with Gasteiger partial charge >= 0.3 is 6.03 Å². The number of halogens is 2. The van der Waals surface area contributed by atoms with Gasteiger partial charge in [0.1, 0.15) is 0 Å². The number of aromatic nitrogens is 2. The highest BCUT2D eigenvalue weighted by Gasteiger charge is 2.29. The predicted molar refractivity (Wildman–Crippen MR) is 141 cm³/mol. The summed E-state index contributed by atoms with van der Waals surface area (Å²) in [5, 5.41) is 5.78. The average molecular weight is 505 g/mol. The van der Waals surface area contributed by atoms with Crippen molar-refractivity contribution in [2.24, 2.45) is 0 Å². The number of hydrogen-bond donors (Lipinski definition) is 0. The summed E-state index contributed by atoms with van der Waals surface area (Å²) in [6.07, 6.45) is 3.58. The molecule has 0 N–H and O–H groups in total. The molecule has 4 aromatic rings. The second kappa shape index (κ2) is 10.2. The summed E-state index contributed by atoms with van der Waals surface area (Å²) >= 11 is 12.3. The van der Waals surface area contributed by atoms with Crippen LogP contribution in [0.25, 0.3) is 11.1 Å². The van der Waals surface area contributed by atoms with E-state index in [9.17, 15) is 4.79 Å². The van der Waals surface area contributed by atoms with Crippen LogP contribution in [0.3, 0.4) is 0 Å². The van der Waals surface area contributed by atoms with Crippen LogP contribution in [-0.2, 0) is 0 Å². The molecule has 5 rings (SSSR count). The summed E-state index contributed by atoms with van der Waals surface area (Å²) < 4.78 is 1.45. The first-order chi connectivity index (χ1) is 17.0. The van der Waals surface area contributed by atoms with E-state index in [-0.39, 0.29) is 12.1 Å². The predicted octanol–water partition coefficient (Wildman–Crippen LogP) is 6.54. The molecule has 178 valence electrons. The van der Waals surface area contributed by atoms with Gasteiger partial charge in [-0.15, -0.1) is 0 Å². The van der Waals surface area contributed by atoms with Crippen molar-refractivity contribution in [1.82, 2.24) is 19.6 Å². The largest absolute Gasteiger partial charge is 0.344 e. The Bertz CT molecular complexity index is 1260. The van der Waals surface area contributed by atoms with Gasteiger partial charge in [-0.25, -0.2) is 4.79 Å². The number of rotatable bonds is 4. The fourth-order valence-corrected chi connectivity index (χ4v) is 4.94. The van der Waals surface area contributed by atoms with Gasteiger partial charge in [0.15, 0.2) is 0 Å². The van der Waals surface area contributed by atoms with E-state index in [0.29, 0.717) is 23.1 Å². The number of carbonyl (C=O) groups excluding carboxylic acids is 1. The zero-order valence-corrected chi connectivity index (χ0v) is 21.0. The topological polar surface area (TPSA) is 41.4 Å². The van der Waals surface area contributed by atoms with Crippen molar-refractivity contribution in [2.75, 3.05) is 26.2 Å². The summed E-state index contributed by atoms with van der Waals surface area (Å²) in [5.74, 6) is 0. The Balaban J connectivity index is 1.32. The van der Waals surface area contributed by atoms with Gasteiger partial charge in [-0.05, 0) is 53.4 Å². The molecule has 1 aromatic heterocycles. The number of carbonyl (C=O) groups is 1. The van der Waals surface area contributed by atoms with Crippen molar-refractivity contribution in [3.05, 3.63) is 112 Å². The number of benzene rings is 3. The van der Waals surface area contributed by atoms with Gasteiger partial charge in [0.25, 0.3) is 0 Å². The molecule has 0 unspecified atom stereocenters. The Labute approximate surface area is 215 Å². The van der Waals surface area contributed by atoms with Crippen molar-refractivity contribution in [3.8, 4) is 11.1 Å². The molecule has 1 fully saturated rings. The van der Waals surface area contributed by atoms with Crippen molar-refractivity contribution >= 4 is 29.2 Å². The normalized spacial score (nSPS) is 14.5. The third-order valence-corrected chi connectivity index (χ3v) is 7.06. The lowest BCUT2D eigenvalue weighted by Crippen LogP contribution is -2.51. The molecular formula is C28H26Cl2N4O. The number of aryl methyl sites for hydroxylation is 1. The van der Waals surface area contributed by atoms with Crippen molar-refractivity contribution in [1.29, 1.82) is 0 Å². The Morgan fingerprint density at radius 3 is 1.97 bits per heavy atom. The molecule has 5 nitrogen and oxygen atoms in total. The summed E-state index contributed by atoms with van der Waals surface area (Å²) in [6, 6.07) is 24.0. The van der Waals surface area contributed by atoms with Crippen LogP contribution < -0.4 is 0 Å². The molecule has 2 heterocycles. The first kappa shape index (κ1) is 23.6. The lowest BCUT2D eigenvalue weighted by Gasteiger charge is -2.39. The zero-order valence-electron chi connectivity index (χ0n) is 19.4. The maximum absolute atomic E-state index is 13.2. The molecule has 1 aliphatic heterocycles. The summed E-state index contributed by atoms with van der Waals surface area (Å²) in [5.41, 5.74) is 5.51. The quantitative estimate of drug-likeness (QED) is 0.316. The zero-order chi connectivity index (χ0) is 24.4. The van der Waals surface area contributed by atoms with Gasteiger partial charge in [0.05, 0.1) is 12.2 Å². The molecule has 0 spiro atoms. The van der Waals surface area contributed by atoms with Gasteiger partial charge in [0.2, 0.25) is 0 Å². The monoisotopic (exact) mass is 504 g/mol. The van der Waals surface area contributed by atoms with Crippen LogP contribution in [0.15, 0.2) is 85.2 Å². The summed E-state index contributed by atoms with van der Waals surface area (Å²) in [7, 11) is 0. The lowest BCUT2D eigenvalue weighted by atomic mass is 9.96. The van der Waals surface area contributed by atoms with Gasteiger partial charge in [0, 0.05) is 48.0 Å². The van der Waals surface area contributed by atoms with Gasteiger partial charge in [-0.2, -0.15) is 9.78 Å². The molecular weight excluding hydrogens is 479 g/mol. The summed E-state index contributed by atoms with van der Waals surface area (Å²) in [4.78, 5) is 17.5. The number of hydrogen-bond acceptors (Lipinski definition) is 3. The minimum atomic E-state index is -0.0981. The average Bonchev–Trinajstić information content (AvgIpc) is 3.37. The van der Waals surface area contributed by atoms with E-state index in [0.717, 1.165) is 40.9 Å². The molecule has 1 amide bonds. The van der Waals surface area contributed by atoms with E-state index in [4.69, 9.17) is 23.2 Å². The van der Waals surface area contributed by atoms with Gasteiger partial charge in [-0.1, -0.05) is 71.7 Å². The van der Waals surface area contributed by atoms with Crippen LogP contribution in [-0.4, -0.2) is 51.8 Å². The minimum absolute atomic E-state index is 0.0548. The van der Waals surface area contributed by atoms with E-state index in [1.165, 1.54) is 4.68 Å². The second-order valence-electron chi connectivity index (χ2n) is 8.80. The van der Waals surface area contributed by atoms with Crippen LogP contribution in [0.4, 0.5) is 4.79 Å². The van der Waals surface area contributed by atoms with E-state index in [1.54, 1.807) is 6.20 Å². The van der Waals surface area contributed by atoms with Crippen LogP contribution in [0.1, 0.15) is 22.7 Å².